The first kappa shape index (κ1) is 14.5. The molecule has 0 fully saturated rings. The molecule has 0 aliphatic carbocycles. The molecule has 3 rings (SSSR count). The third-order valence-electron chi connectivity index (χ3n) is 3.41. The van der Waals surface area contributed by atoms with Gasteiger partial charge in [-0.25, -0.2) is 19.2 Å². The second kappa shape index (κ2) is 4.80. The van der Waals surface area contributed by atoms with Crippen molar-refractivity contribution in [3.05, 3.63) is 55.7 Å². The van der Waals surface area contributed by atoms with Crippen LogP contribution in [0, 0.1) is 6.92 Å². The van der Waals surface area contributed by atoms with Gasteiger partial charge in [0.15, 0.2) is 0 Å². The van der Waals surface area contributed by atoms with Crippen molar-refractivity contribution in [3.8, 4) is 0 Å². The minimum atomic E-state index is -1.44. The van der Waals surface area contributed by atoms with Crippen molar-refractivity contribution in [2.45, 2.75) is 6.92 Å². The molecule has 2 aromatic heterocycles. The van der Waals surface area contributed by atoms with E-state index in [1.165, 1.54) is 13.0 Å². The summed E-state index contributed by atoms with van der Waals surface area (Å²) >= 11 is 0. The Bertz CT molecular complexity index is 1030. The van der Waals surface area contributed by atoms with Crippen molar-refractivity contribution in [2.24, 2.45) is 0 Å². The number of carboxylic acids is 2. The van der Waals surface area contributed by atoms with Gasteiger partial charge in [-0.15, -0.1) is 0 Å². The number of rotatable bonds is 2. The smallest absolute Gasteiger partial charge is 0.351 e. The molecule has 8 nitrogen and oxygen atoms in total. The molecule has 0 unspecified atom stereocenters. The summed E-state index contributed by atoms with van der Waals surface area (Å²) in [6.07, 6.45) is 0. The first-order chi connectivity index (χ1) is 10.8. The van der Waals surface area contributed by atoms with Crippen LogP contribution in [0.4, 0.5) is 0 Å². The molecule has 0 bridgehead atoms. The van der Waals surface area contributed by atoms with Crippen LogP contribution in [0.15, 0.2) is 36.6 Å². The van der Waals surface area contributed by atoms with Gasteiger partial charge in [-0.2, -0.15) is 0 Å². The Morgan fingerprint density at radius 2 is 1.22 bits per heavy atom. The summed E-state index contributed by atoms with van der Waals surface area (Å²) in [7, 11) is 0. The lowest BCUT2D eigenvalue weighted by Crippen LogP contribution is -2.14. The number of hydrogen-bond donors (Lipinski definition) is 2. The second-order valence-electron chi connectivity index (χ2n) is 4.84. The molecule has 0 radical (unpaired) electrons. The molecular weight excluding hydrogens is 308 g/mol. The molecule has 0 saturated carbocycles. The van der Waals surface area contributed by atoms with E-state index in [2.05, 4.69) is 0 Å². The highest BCUT2D eigenvalue weighted by Crippen LogP contribution is 2.27. The van der Waals surface area contributed by atoms with E-state index in [-0.39, 0.29) is 21.9 Å². The van der Waals surface area contributed by atoms with Crippen LogP contribution in [0.3, 0.4) is 0 Å². The van der Waals surface area contributed by atoms with Crippen LogP contribution in [-0.4, -0.2) is 22.2 Å². The number of benzene rings is 1. The highest BCUT2D eigenvalue weighted by molar-refractivity contribution is 6.01. The van der Waals surface area contributed by atoms with E-state index in [4.69, 9.17) is 19.0 Å². The van der Waals surface area contributed by atoms with Gasteiger partial charge < -0.3 is 19.0 Å². The molecule has 0 amide bonds. The lowest BCUT2D eigenvalue weighted by molar-refractivity contribution is 0.0681. The van der Waals surface area contributed by atoms with Gasteiger partial charge in [-0.1, -0.05) is 0 Å². The van der Waals surface area contributed by atoms with Gasteiger partial charge in [0.05, 0.1) is 0 Å². The fourth-order valence-electron chi connectivity index (χ4n) is 2.34. The molecule has 0 saturated heterocycles. The van der Waals surface area contributed by atoms with Gasteiger partial charge in [0.2, 0.25) is 0 Å². The Morgan fingerprint density at radius 3 is 1.57 bits per heavy atom. The van der Waals surface area contributed by atoms with Crippen LogP contribution in [0.2, 0.25) is 0 Å². The third kappa shape index (κ3) is 2.16. The fraction of sp³-hybridized carbons (Fsp3) is 0.0667. The standard InChI is InChI=1S/C15H8O8/c1-5-10-6(3-8(12(16)17)14(20)22-10)2-7-4-9(13(18)19)15(21)23-11(5)7/h2-4H,1H3,(H,16,17)(H,18,19). The predicted octanol–water partition coefficient (Wildman–Crippen LogP) is 1.60. The number of hydrogen-bond acceptors (Lipinski definition) is 6. The van der Waals surface area contributed by atoms with E-state index < -0.39 is 34.3 Å². The lowest BCUT2D eigenvalue weighted by Gasteiger charge is -2.06. The van der Waals surface area contributed by atoms with Crippen LogP contribution in [0.5, 0.6) is 0 Å². The van der Waals surface area contributed by atoms with Gasteiger partial charge in [-0.05, 0) is 25.1 Å². The minimum absolute atomic E-state index is 0.0683. The van der Waals surface area contributed by atoms with E-state index in [1.54, 1.807) is 0 Å². The van der Waals surface area contributed by atoms with Gasteiger partial charge in [0.1, 0.15) is 22.3 Å². The van der Waals surface area contributed by atoms with E-state index in [0.717, 1.165) is 12.1 Å². The molecule has 8 heteroatoms. The van der Waals surface area contributed by atoms with Crippen LogP contribution in [-0.2, 0) is 0 Å². The van der Waals surface area contributed by atoms with Gasteiger partial charge in [0.25, 0.3) is 0 Å². The van der Waals surface area contributed by atoms with Crippen molar-refractivity contribution >= 4 is 33.9 Å². The summed E-state index contributed by atoms with van der Waals surface area (Å²) < 4.78 is 9.99. The predicted molar refractivity (Wildman–Crippen MR) is 77.2 cm³/mol. The van der Waals surface area contributed by atoms with E-state index >= 15 is 0 Å². The second-order valence-corrected chi connectivity index (χ2v) is 4.84. The quantitative estimate of drug-likeness (QED) is 0.537. The van der Waals surface area contributed by atoms with Crippen LogP contribution < -0.4 is 11.3 Å². The average Bonchev–Trinajstić information content (AvgIpc) is 2.47. The molecule has 116 valence electrons. The van der Waals surface area contributed by atoms with E-state index in [9.17, 15) is 19.2 Å². The SMILES string of the molecule is Cc1c2oc(=O)c(C(=O)O)cc2cc2cc(C(=O)O)c(=O)oc12. The highest BCUT2D eigenvalue weighted by Gasteiger charge is 2.18. The van der Waals surface area contributed by atoms with Crippen LogP contribution in [0.1, 0.15) is 26.3 Å². The zero-order valence-corrected chi connectivity index (χ0v) is 11.6. The first-order valence-corrected chi connectivity index (χ1v) is 6.31. The van der Waals surface area contributed by atoms with Gasteiger partial charge in [0, 0.05) is 16.3 Å². The number of fused-ring (bicyclic) bond motifs is 2. The third-order valence-corrected chi connectivity index (χ3v) is 3.41. The fourth-order valence-corrected chi connectivity index (χ4v) is 2.34. The summed E-state index contributed by atoms with van der Waals surface area (Å²) in [6, 6.07) is 3.64. The molecule has 0 aliphatic rings. The van der Waals surface area contributed by atoms with Crippen molar-refractivity contribution in [1.82, 2.24) is 0 Å². The molecule has 0 aliphatic heterocycles. The summed E-state index contributed by atoms with van der Waals surface area (Å²) in [5.74, 6) is -2.88. The average molecular weight is 316 g/mol. The molecule has 0 spiro atoms. The van der Waals surface area contributed by atoms with Crippen molar-refractivity contribution in [2.75, 3.05) is 0 Å². The zero-order chi connectivity index (χ0) is 16.9. The number of aromatic carboxylic acids is 2. The Balaban J connectivity index is 2.50. The Hall–Kier alpha value is -3.42. The Morgan fingerprint density at radius 1 is 0.826 bits per heavy atom. The molecule has 2 N–H and O–H groups in total. The van der Waals surface area contributed by atoms with Crippen LogP contribution >= 0.6 is 0 Å². The Kier molecular flexibility index (Phi) is 3.03. The maximum absolute atomic E-state index is 11.7. The largest absolute Gasteiger partial charge is 0.477 e. The number of carbonyl (C=O) groups is 2. The van der Waals surface area contributed by atoms with E-state index in [0.29, 0.717) is 5.56 Å². The van der Waals surface area contributed by atoms with Crippen molar-refractivity contribution in [1.29, 1.82) is 0 Å². The highest BCUT2D eigenvalue weighted by atomic mass is 16.4. The number of carboxylic acid groups (broad SMARTS) is 2. The van der Waals surface area contributed by atoms with Gasteiger partial charge >= 0.3 is 23.2 Å². The normalized spacial score (nSPS) is 11.0. The Labute approximate surface area is 126 Å². The summed E-state index contributed by atoms with van der Waals surface area (Å²) in [4.78, 5) is 45.3. The molecule has 3 aromatic rings. The topological polar surface area (TPSA) is 135 Å². The maximum Gasteiger partial charge on any atom is 0.351 e. The molecule has 2 heterocycles. The first-order valence-electron chi connectivity index (χ1n) is 6.31. The summed E-state index contributed by atoms with van der Waals surface area (Å²) in [5, 5.41) is 18.5. The monoisotopic (exact) mass is 316 g/mol. The minimum Gasteiger partial charge on any atom is -0.477 e. The molecule has 1 aromatic carbocycles. The molecule has 23 heavy (non-hydrogen) atoms. The zero-order valence-electron chi connectivity index (χ0n) is 11.6. The van der Waals surface area contributed by atoms with Crippen LogP contribution in [0.25, 0.3) is 21.9 Å². The molecule has 0 atom stereocenters. The van der Waals surface area contributed by atoms with E-state index in [1.807, 2.05) is 0 Å². The van der Waals surface area contributed by atoms with Crippen molar-refractivity contribution < 1.29 is 28.6 Å². The summed E-state index contributed by atoms with van der Waals surface area (Å²) in [6.45, 7) is 1.51. The maximum atomic E-state index is 11.7. The number of aryl methyl sites for hydroxylation is 1. The summed E-state index contributed by atoms with van der Waals surface area (Å²) in [5.41, 5.74) is -2.73. The lowest BCUT2D eigenvalue weighted by atomic mass is 10.0. The molecular formula is C15H8O8. The van der Waals surface area contributed by atoms with Crippen molar-refractivity contribution in [3.63, 3.8) is 0 Å². The van der Waals surface area contributed by atoms with Gasteiger partial charge in [-0.3, -0.25) is 0 Å².